The van der Waals surface area contributed by atoms with E-state index in [1.807, 2.05) is 11.6 Å². The minimum Gasteiger partial charge on any atom is -0.370 e. The van der Waals surface area contributed by atoms with Crippen molar-refractivity contribution in [3.63, 3.8) is 0 Å². The molecule has 0 saturated carbocycles. The molecule has 0 unspecified atom stereocenters. The van der Waals surface area contributed by atoms with Crippen molar-refractivity contribution in [2.24, 2.45) is 0 Å². The minimum absolute atomic E-state index is 0.0726. The average molecular weight is 305 g/mol. The summed E-state index contributed by atoms with van der Waals surface area (Å²) in [6.45, 7) is 10.1. The largest absolute Gasteiger partial charge is 0.370 e. The van der Waals surface area contributed by atoms with Gasteiger partial charge in [0.25, 0.3) is 0 Å². The fourth-order valence-electron chi connectivity index (χ4n) is 1.82. The SMILES string of the molecule is CCNc1cc(NCCc2cscn2)nc(C(C)(C)C)n1. The highest BCUT2D eigenvalue weighted by Gasteiger charge is 2.19. The van der Waals surface area contributed by atoms with Gasteiger partial charge in [0, 0.05) is 36.4 Å². The van der Waals surface area contributed by atoms with Crippen LogP contribution < -0.4 is 10.6 Å². The second-order valence-electron chi connectivity index (χ2n) is 5.90. The van der Waals surface area contributed by atoms with Crippen LogP contribution in [0.4, 0.5) is 11.6 Å². The number of hydrogen-bond acceptors (Lipinski definition) is 6. The zero-order chi connectivity index (χ0) is 15.3. The van der Waals surface area contributed by atoms with Crippen molar-refractivity contribution in [2.45, 2.75) is 39.5 Å². The quantitative estimate of drug-likeness (QED) is 0.857. The molecule has 0 radical (unpaired) electrons. The summed E-state index contributed by atoms with van der Waals surface area (Å²) in [6, 6.07) is 1.96. The normalized spacial score (nSPS) is 11.4. The molecule has 2 heterocycles. The number of rotatable bonds is 6. The van der Waals surface area contributed by atoms with Gasteiger partial charge in [-0.3, -0.25) is 0 Å². The topological polar surface area (TPSA) is 62.7 Å². The third kappa shape index (κ3) is 4.67. The summed E-state index contributed by atoms with van der Waals surface area (Å²) in [5, 5.41) is 8.71. The van der Waals surface area contributed by atoms with E-state index in [9.17, 15) is 0 Å². The van der Waals surface area contributed by atoms with E-state index in [1.54, 1.807) is 11.3 Å². The Morgan fingerprint density at radius 1 is 1.14 bits per heavy atom. The van der Waals surface area contributed by atoms with Crippen LogP contribution in [-0.2, 0) is 11.8 Å². The van der Waals surface area contributed by atoms with Gasteiger partial charge in [0.1, 0.15) is 17.5 Å². The lowest BCUT2D eigenvalue weighted by Gasteiger charge is -2.19. The van der Waals surface area contributed by atoms with Gasteiger partial charge in [0.05, 0.1) is 11.2 Å². The highest BCUT2D eigenvalue weighted by molar-refractivity contribution is 7.07. The highest BCUT2D eigenvalue weighted by atomic mass is 32.1. The maximum absolute atomic E-state index is 4.63. The number of hydrogen-bond donors (Lipinski definition) is 2. The maximum atomic E-state index is 4.63. The fourth-order valence-corrected chi connectivity index (χ4v) is 2.42. The van der Waals surface area contributed by atoms with Crippen LogP contribution in [-0.4, -0.2) is 28.0 Å². The van der Waals surface area contributed by atoms with E-state index < -0.39 is 0 Å². The van der Waals surface area contributed by atoms with Crippen LogP contribution in [0.5, 0.6) is 0 Å². The van der Waals surface area contributed by atoms with Crippen molar-refractivity contribution in [1.82, 2.24) is 15.0 Å². The Kier molecular flexibility index (Phi) is 5.12. The Morgan fingerprint density at radius 2 is 1.86 bits per heavy atom. The van der Waals surface area contributed by atoms with Gasteiger partial charge < -0.3 is 10.6 Å². The van der Waals surface area contributed by atoms with Gasteiger partial charge in [-0.05, 0) is 6.92 Å². The zero-order valence-corrected chi connectivity index (χ0v) is 13.9. The summed E-state index contributed by atoms with van der Waals surface area (Å²) >= 11 is 1.63. The lowest BCUT2D eigenvalue weighted by molar-refractivity contribution is 0.546. The molecule has 0 aliphatic heterocycles. The predicted molar refractivity (Wildman–Crippen MR) is 89.2 cm³/mol. The van der Waals surface area contributed by atoms with E-state index in [4.69, 9.17) is 0 Å². The summed E-state index contributed by atoms with van der Waals surface area (Å²) < 4.78 is 0. The van der Waals surface area contributed by atoms with Gasteiger partial charge in [0.15, 0.2) is 0 Å². The summed E-state index contributed by atoms with van der Waals surface area (Å²) in [5.74, 6) is 2.58. The molecule has 0 saturated heterocycles. The van der Waals surface area contributed by atoms with Crippen LogP contribution in [0.2, 0.25) is 0 Å². The van der Waals surface area contributed by atoms with Gasteiger partial charge in [-0.25, -0.2) is 15.0 Å². The molecule has 0 aromatic carbocycles. The van der Waals surface area contributed by atoms with Gasteiger partial charge in [0.2, 0.25) is 0 Å². The molecule has 21 heavy (non-hydrogen) atoms. The molecule has 0 bridgehead atoms. The lowest BCUT2D eigenvalue weighted by atomic mass is 9.96. The molecule has 2 aromatic rings. The number of nitrogens with zero attached hydrogens (tertiary/aromatic N) is 3. The zero-order valence-electron chi connectivity index (χ0n) is 13.1. The molecular weight excluding hydrogens is 282 g/mol. The van der Waals surface area contributed by atoms with E-state index >= 15 is 0 Å². The predicted octanol–water partition coefficient (Wildman–Crippen LogP) is 3.32. The summed E-state index contributed by atoms with van der Waals surface area (Å²) in [5.41, 5.74) is 2.90. The third-order valence-corrected chi connectivity index (χ3v) is 3.56. The first-order chi connectivity index (χ1) is 9.99. The summed E-state index contributed by atoms with van der Waals surface area (Å²) in [4.78, 5) is 13.5. The molecule has 2 rings (SSSR count). The fraction of sp³-hybridized carbons (Fsp3) is 0.533. The van der Waals surface area contributed by atoms with Crippen molar-refractivity contribution >= 4 is 23.0 Å². The Morgan fingerprint density at radius 3 is 2.43 bits per heavy atom. The molecule has 0 atom stereocenters. The molecular formula is C15H23N5S. The Hall–Kier alpha value is -1.69. The van der Waals surface area contributed by atoms with E-state index in [0.717, 1.165) is 42.7 Å². The summed E-state index contributed by atoms with van der Waals surface area (Å²) in [6.07, 6.45) is 0.898. The van der Waals surface area contributed by atoms with Crippen molar-refractivity contribution in [2.75, 3.05) is 23.7 Å². The van der Waals surface area contributed by atoms with Crippen LogP contribution in [0.1, 0.15) is 39.2 Å². The number of aromatic nitrogens is 3. The second kappa shape index (κ2) is 6.85. The molecule has 0 fully saturated rings. The smallest absolute Gasteiger partial charge is 0.138 e. The number of nitrogens with one attached hydrogen (secondary N) is 2. The second-order valence-corrected chi connectivity index (χ2v) is 6.62. The van der Waals surface area contributed by atoms with Crippen LogP contribution >= 0.6 is 11.3 Å². The van der Waals surface area contributed by atoms with Gasteiger partial charge in [-0.15, -0.1) is 11.3 Å². The Balaban J connectivity index is 2.08. The van der Waals surface area contributed by atoms with Crippen LogP contribution in [0.3, 0.4) is 0 Å². The standard InChI is InChI=1S/C15H23N5S/c1-5-16-12-8-13(20-14(19-12)15(2,3)4)17-7-6-11-9-21-10-18-11/h8-10H,5-7H2,1-4H3,(H2,16,17,19,20). The molecule has 0 spiro atoms. The number of thiazole rings is 1. The average Bonchev–Trinajstić information content (AvgIpc) is 2.91. The third-order valence-electron chi connectivity index (χ3n) is 2.93. The monoisotopic (exact) mass is 305 g/mol. The van der Waals surface area contributed by atoms with Crippen LogP contribution in [0.25, 0.3) is 0 Å². The van der Waals surface area contributed by atoms with Gasteiger partial charge in [-0.1, -0.05) is 20.8 Å². The van der Waals surface area contributed by atoms with Crippen LogP contribution in [0.15, 0.2) is 17.0 Å². The van der Waals surface area contributed by atoms with Crippen molar-refractivity contribution in [1.29, 1.82) is 0 Å². The maximum Gasteiger partial charge on any atom is 0.138 e. The Bertz CT molecular complexity index is 560. The van der Waals surface area contributed by atoms with Crippen molar-refractivity contribution in [3.8, 4) is 0 Å². The Labute approximate surface area is 130 Å². The van der Waals surface area contributed by atoms with Crippen molar-refractivity contribution in [3.05, 3.63) is 28.5 Å². The highest BCUT2D eigenvalue weighted by Crippen LogP contribution is 2.22. The molecule has 6 heteroatoms. The first-order valence-corrected chi connectivity index (χ1v) is 8.17. The lowest BCUT2D eigenvalue weighted by Crippen LogP contribution is -2.19. The molecule has 0 aliphatic carbocycles. The number of anilines is 2. The first-order valence-electron chi connectivity index (χ1n) is 7.23. The van der Waals surface area contributed by atoms with Gasteiger partial charge in [-0.2, -0.15) is 0 Å². The molecule has 114 valence electrons. The molecule has 2 N–H and O–H groups in total. The van der Waals surface area contributed by atoms with Crippen molar-refractivity contribution < 1.29 is 0 Å². The molecule has 5 nitrogen and oxygen atoms in total. The van der Waals surface area contributed by atoms with E-state index in [-0.39, 0.29) is 5.41 Å². The van der Waals surface area contributed by atoms with Crippen LogP contribution in [0, 0.1) is 0 Å². The molecule has 2 aromatic heterocycles. The molecule has 0 aliphatic rings. The van der Waals surface area contributed by atoms with E-state index in [0.29, 0.717) is 0 Å². The minimum atomic E-state index is -0.0726. The van der Waals surface area contributed by atoms with Gasteiger partial charge >= 0.3 is 0 Å². The summed E-state index contributed by atoms with van der Waals surface area (Å²) in [7, 11) is 0. The molecule has 0 amide bonds. The first kappa shape index (κ1) is 15.7. The van der Waals surface area contributed by atoms with E-state index in [1.165, 1.54) is 0 Å². The van der Waals surface area contributed by atoms with E-state index in [2.05, 4.69) is 58.7 Å².